The fourth-order valence-electron chi connectivity index (χ4n) is 2.13. The fourth-order valence-corrected chi connectivity index (χ4v) is 2.13. The molecular weight excluding hydrogens is 248 g/mol. The maximum Gasteiger partial charge on any atom is 0.338 e. The standard InChI is InChI=1S/C12H18N4O3/c1-15-4-2-10(3-5-15)14-11(17)8-16-7-9(6-13-16)12(18)19/h6-7,10H,2-5,8H2,1H3,(H,14,17)(H,18,19). The van der Waals surface area contributed by atoms with Crippen molar-refractivity contribution in [3.8, 4) is 0 Å². The number of carbonyl (C=O) groups is 2. The minimum absolute atomic E-state index is 0.0552. The number of aromatic carboxylic acids is 1. The molecule has 7 heteroatoms. The lowest BCUT2D eigenvalue weighted by molar-refractivity contribution is -0.122. The quantitative estimate of drug-likeness (QED) is 0.787. The number of rotatable bonds is 4. The third kappa shape index (κ3) is 3.78. The Morgan fingerprint density at radius 2 is 2.16 bits per heavy atom. The molecule has 0 bridgehead atoms. The number of aromatic nitrogens is 2. The van der Waals surface area contributed by atoms with E-state index in [9.17, 15) is 9.59 Å². The van der Waals surface area contributed by atoms with Crippen LogP contribution in [0.2, 0.25) is 0 Å². The second kappa shape index (κ2) is 5.83. The van der Waals surface area contributed by atoms with E-state index >= 15 is 0 Å². The van der Waals surface area contributed by atoms with Gasteiger partial charge in [-0.2, -0.15) is 5.10 Å². The number of hydrogen-bond acceptors (Lipinski definition) is 4. The number of nitrogens with one attached hydrogen (secondary N) is 1. The maximum atomic E-state index is 11.8. The molecular formula is C12H18N4O3. The zero-order valence-electron chi connectivity index (χ0n) is 10.9. The summed E-state index contributed by atoms with van der Waals surface area (Å²) in [7, 11) is 2.06. The first-order valence-corrected chi connectivity index (χ1v) is 6.28. The molecule has 19 heavy (non-hydrogen) atoms. The Bertz CT molecular complexity index is 463. The Balaban J connectivity index is 1.82. The van der Waals surface area contributed by atoms with Crippen LogP contribution in [0.15, 0.2) is 12.4 Å². The zero-order chi connectivity index (χ0) is 13.8. The number of nitrogens with zero attached hydrogens (tertiary/aromatic N) is 3. The minimum Gasteiger partial charge on any atom is -0.478 e. The number of carboxylic acid groups (broad SMARTS) is 1. The van der Waals surface area contributed by atoms with Crippen LogP contribution < -0.4 is 5.32 Å². The summed E-state index contributed by atoms with van der Waals surface area (Å²) >= 11 is 0. The predicted octanol–water partition coefficient (Wildman–Crippen LogP) is -0.208. The van der Waals surface area contributed by atoms with Crippen molar-refractivity contribution in [1.29, 1.82) is 0 Å². The third-order valence-corrected chi connectivity index (χ3v) is 3.27. The van der Waals surface area contributed by atoms with E-state index in [4.69, 9.17) is 5.11 Å². The lowest BCUT2D eigenvalue weighted by atomic mass is 10.1. The van der Waals surface area contributed by atoms with Gasteiger partial charge in [-0.1, -0.05) is 0 Å². The number of likely N-dealkylation sites (tertiary alicyclic amines) is 1. The van der Waals surface area contributed by atoms with Crippen LogP contribution in [-0.2, 0) is 11.3 Å². The molecule has 0 aliphatic carbocycles. The van der Waals surface area contributed by atoms with Gasteiger partial charge in [-0.3, -0.25) is 9.48 Å². The molecule has 0 atom stereocenters. The SMILES string of the molecule is CN1CCC(NC(=O)Cn2cc(C(=O)O)cn2)CC1. The molecule has 0 saturated carbocycles. The number of carbonyl (C=O) groups excluding carboxylic acids is 1. The van der Waals surface area contributed by atoms with Gasteiger partial charge in [-0.25, -0.2) is 4.79 Å². The monoisotopic (exact) mass is 266 g/mol. The molecule has 1 aromatic rings. The van der Waals surface area contributed by atoms with Gasteiger partial charge in [0, 0.05) is 12.2 Å². The van der Waals surface area contributed by atoms with Crippen LogP contribution in [0.4, 0.5) is 0 Å². The van der Waals surface area contributed by atoms with Crippen LogP contribution in [0.3, 0.4) is 0 Å². The van der Waals surface area contributed by atoms with Crippen molar-refractivity contribution in [2.24, 2.45) is 0 Å². The summed E-state index contributed by atoms with van der Waals surface area (Å²) in [5.74, 6) is -1.17. The highest BCUT2D eigenvalue weighted by Gasteiger charge is 2.18. The van der Waals surface area contributed by atoms with Crippen LogP contribution in [0.1, 0.15) is 23.2 Å². The van der Waals surface area contributed by atoms with Gasteiger partial charge < -0.3 is 15.3 Å². The van der Waals surface area contributed by atoms with Gasteiger partial charge in [0.15, 0.2) is 0 Å². The van der Waals surface area contributed by atoms with Crippen LogP contribution in [0, 0.1) is 0 Å². The number of carboxylic acids is 1. The summed E-state index contributed by atoms with van der Waals surface area (Å²) in [4.78, 5) is 24.7. The third-order valence-electron chi connectivity index (χ3n) is 3.27. The highest BCUT2D eigenvalue weighted by molar-refractivity contribution is 5.87. The minimum atomic E-state index is -1.04. The number of piperidine rings is 1. The van der Waals surface area contributed by atoms with Crippen LogP contribution in [-0.4, -0.2) is 57.8 Å². The van der Waals surface area contributed by atoms with E-state index in [1.807, 2.05) is 0 Å². The Hall–Kier alpha value is -1.89. The lowest BCUT2D eigenvalue weighted by Gasteiger charge is -2.29. The topological polar surface area (TPSA) is 87.5 Å². The first kappa shape index (κ1) is 13.5. The van der Waals surface area contributed by atoms with Crippen molar-refractivity contribution >= 4 is 11.9 Å². The first-order valence-electron chi connectivity index (χ1n) is 6.28. The molecule has 0 unspecified atom stereocenters. The molecule has 2 rings (SSSR count). The zero-order valence-corrected chi connectivity index (χ0v) is 10.9. The predicted molar refractivity (Wildman–Crippen MR) is 67.8 cm³/mol. The van der Waals surface area contributed by atoms with E-state index in [1.54, 1.807) is 0 Å². The Labute approximate surface area is 111 Å². The molecule has 1 saturated heterocycles. The molecule has 0 spiro atoms. The summed E-state index contributed by atoms with van der Waals surface area (Å²) in [6.45, 7) is 2.02. The maximum absolute atomic E-state index is 11.8. The van der Waals surface area contributed by atoms with Crippen LogP contribution >= 0.6 is 0 Å². The van der Waals surface area contributed by atoms with Gasteiger partial charge >= 0.3 is 5.97 Å². The molecule has 1 aliphatic rings. The summed E-state index contributed by atoms with van der Waals surface area (Å²) in [6.07, 6.45) is 4.49. The van der Waals surface area contributed by atoms with Crippen LogP contribution in [0.25, 0.3) is 0 Å². The van der Waals surface area contributed by atoms with E-state index in [0.717, 1.165) is 25.9 Å². The van der Waals surface area contributed by atoms with Crippen molar-refractivity contribution in [2.75, 3.05) is 20.1 Å². The Kier molecular flexibility index (Phi) is 4.16. The second-order valence-corrected chi connectivity index (χ2v) is 4.88. The lowest BCUT2D eigenvalue weighted by Crippen LogP contribution is -2.44. The van der Waals surface area contributed by atoms with E-state index in [2.05, 4.69) is 22.4 Å². The van der Waals surface area contributed by atoms with Crippen molar-refractivity contribution < 1.29 is 14.7 Å². The smallest absolute Gasteiger partial charge is 0.338 e. The van der Waals surface area contributed by atoms with Crippen molar-refractivity contribution in [3.63, 3.8) is 0 Å². The molecule has 1 aromatic heterocycles. The van der Waals surface area contributed by atoms with E-state index < -0.39 is 5.97 Å². The molecule has 0 aromatic carbocycles. The molecule has 2 N–H and O–H groups in total. The number of amides is 1. The van der Waals surface area contributed by atoms with Crippen molar-refractivity contribution in [3.05, 3.63) is 18.0 Å². The summed E-state index contributed by atoms with van der Waals surface area (Å²) in [6, 6.07) is 0.207. The molecule has 0 radical (unpaired) electrons. The summed E-state index contributed by atoms with van der Waals surface area (Å²) < 4.78 is 1.34. The van der Waals surface area contributed by atoms with Gasteiger partial charge in [-0.05, 0) is 33.0 Å². The molecule has 7 nitrogen and oxygen atoms in total. The highest BCUT2D eigenvalue weighted by atomic mass is 16.4. The summed E-state index contributed by atoms with van der Waals surface area (Å²) in [5.41, 5.74) is 0.0899. The Morgan fingerprint density at radius 1 is 1.47 bits per heavy atom. The first-order chi connectivity index (χ1) is 9.04. The van der Waals surface area contributed by atoms with Crippen molar-refractivity contribution in [1.82, 2.24) is 20.0 Å². The average molecular weight is 266 g/mol. The highest BCUT2D eigenvalue weighted by Crippen LogP contribution is 2.08. The van der Waals surface area contributed by atoms with Crippen LogP contribution in [0.5, 0.6) is 0 Å². The van der Waals surface area contributed by atoms with Gasteiger partial charge in [-0.15, -0.1) is 0 Å². The van der Waals surface area contributed by atoms with Gasteiger partial charge in [0.25, 0.3) is 0 Å². The Morgan fingerprint density at radius 3 is 2.74 bits per heavy atom. The molecule has 104 valence electrons. The normalized spacial score (nSPS) is 17.3. The van der Waals surface area contributed by atoms with Gasteiger partial charge in [0.2, 0.25) is 5.91 Å². The van der Waals surface area contributed by atoms with Gasteiger partial charge in [0.05, 0.1) is 11.8 Å². The van der Waals surface area contributed by atoms with Crippen molar-refractivity contribution in [2.45, 2.75) is 25.4 Å². The molecule has 1 fully saturated rings. The van der Waals surface area contributed by atoms with E-state index in [1.165, 1.54) is 17.1 Å². The number of hydrogen-bond donors (Lipinski definition) is 2. The summed E-state index contributed by atoms with van der Waals surface area (Å²) in [5, 5.41) is 15.6. The van der Waals surface area contributed by atoms with E-state index in [-0.39, 0.29) is 24.1 Å². The van der Waals surface area contributed by atoms with Gasteiger partial charge in [0.1, 0.15) is 6.54 Å². The molecule has 1 aliphatic heterocycles. The molecule has 2 heterocycles. The second-order valence-electron chi connectivity index (χ2n) is 4.88. The molecule has 1 amide bonds. The fraction of sp³-hybridized carbons (Fsp3) is 0.583. The van der Waals surface area contributed by atoms with E-state index in [0.29, 0.717) is 0 Å². The average Bonchev–Trinajstić information content (AvgIpc) is 2.80. The largest absolute Gasteiger partial charge is 0.478 e.